The molecule has 6 nitrogen and oxygen atoms in total. The Kier molecular flexibility index (Phi) is 7.04. The number of aryl methyl sites for hydroxylation is 1. The molecule has 2 heterocycles. The Labute approximate surface area is 209 Å². The molecule has 0 aliphatic heterocycles. The van der Waals surface area contributed by atoms with Crippen molar-refractivity contribution in [3.63, 3.8) is 0 Å². The molecule has 0 saturated heterocycles. The van der Waals surface area contributed by atoms with Crippen molar-refractivity contribution in [3.8, 4) is 21.7 Å². The Morgan fingerprint density at radius 3 is 2.54 bits per heavy atom. The highest BCUT2D eigenvalue weighted by atomic mass is 32.1. The summed E-state index contributed by atoms with van der Waals surface area (Å²) >= 11 is 1.47. The summed E-state index contributed by atoms with van der Waals surface area (Å²) in [5.41, 5.74) is 4.79. The van der Waals surface area contributed by atoms with Gasteiger partial charge in [-0.15, -0.1) is 0 Å². The second-order valence-corrected chi connectivity index (χ2v) is 9.92. The maximum Gasteiger partial charge on any atom is 0.325 e. The Hall–Kier alpha value is -3.71. The van der Waals surface area contributed by atoms with Gasteiger partial charge in [-0.3, -0.25) is 5.32 Å². The number of anilines is 3. The third kappa shape index (κ3) is 5.87. The fourth-order valence-electron chi connectivity index (χ4n) is 4.44. The molecule has 5 rings (SSSR count). The maximum atomic E-state index is 12.6. The van der Waals surface area contributed by atoms with Crippen LogP contribution in [0.1, 0.15) is 37.7 Å². The van der Waals surface area contributed by atoms with Crippen LogP contribution in [0.4, 0.5) is 21.4 Å². The number of hydrogen-bond donors (Lipinski definition) is 3. The number of thiazole rings is 1. The van der Waals surface area contributed by atoms with Gasteiger partial charge in [-0.05, 0) is 55.7 Å². The molecule has 0 bridgehead atoms. The average Bonchev–Trinajstić information content (AvgIpc) is 3.29. The number of nitrogens with one attached hydrogen (secondary N) is 3. The first-order valence-corrected chi connectivity index (χ1v) is 12.9. The average molecular weight is 484 g/mol. The predicted molar refractivity (Wildman–Crippen MR) is 145 cm³/mol. The van der Waals surface area contributed by atoms with Gasteiger partial charge in [-0.25, -0.2) is 14.8 Å². The van der Waals surface area contributed by atoms with Crippen LogP contribution in [0.3, 0.4) is 0 Å². The number of aromatic nitrogens is 2. The van der Waals surface area contributed by atoms with Crippen LogP contribution < -0.4 is 16.0 Å². The minimum Gasteiger partial charge on any atom is -0.367 e. The lowest BCUT2D eigenvalue weighted by atomic mass is 9.95. The second kappa shape index (κ2) is 10.7. The Morgan fingerprint density at radius 1 is 0.914 bits per heavy atom. The van der Waals surface area contributed by atoms with E-state index >= 15 is 0 Å². The molecule has 3 N–H and O–H groups in total. The minimum atomic E-state index is -0.318. The SMILES string of the molecule is Cc1cccc(-c2nc(NC(=O)Nc3ccccc3)sc2-c2ccnc(NC3CCCCC3)c2)c1. The van der Waals surface area contributed by atoms with E-state index < -0.39 is 0 Å². The lowest BCUT2D eigenvalue weighted by molar-refractivity contribution is 0.262. The first kappa shape index (κ1) is 23.1. The highest BCUT2D eigenvalue weighted by molar-refractivity contribution is 7.19. The van der Waals surface area contributed by atoms with Crippen molar-refractivity contribution in [2.75, 3.05) is 16.0 Å². The molecule has 0 unspecified atom stereocenters. The number of rotatable bonds is 6. The quantitative estimate of drug-likeness (QED) is 0.264. The molecule has 4 aromatic rings. The van der Waals surface area contributed by atoms with Crippen molar-refractivity contribution in [3.05, 3.63) is 78.5 Å². The third-order valence-corrected chi connectivity index (χ3v) is 7.17. The normalized spacial score (nSPS) is 13.9. The smallest absolute Gasteiger partial charge is 0.325 e. The van der Waals surface area contributed by atoms with Gasteiger partial charge >= 0.3 is 6.03 Å². The van der Waals surface area contributed by atoms with Crippen molar-refractivity contribution in [2.24, 2.45) is 0 Å². The first-order valence-electron chi connectivity index (χ1n) is 12.1. The summed E-state index contributed by atoms with van der Waals surface area (Å²) in [6, 6.07) is 21.9. The van der Waals surface area contributed by atoms with Gasteiger partial charge in [0.15, 0.2) is 5.13 Å². The fraction of sp³-hybridized carbons (Fsp3) is 0.250. The van der Waals surface area contributed by atoms with Crippen molar-refractivity contribution in [1.29, 1.82) is 0 Å². The van der Waals surface area contributed by atoms with E-state index in [-0.39, 0.29) is 6.03 Å². The predicted octanol–water partition coefficient (Wildman–Crippen LogP) is 7.57. The van der Waals surface area contributed by atoms with Crippen LogP contribution in [0, 0.1) is 6.92 Å². The Balaban J connectivity index is 1.44. The zero-order chi connectivity index (χ0) is 24.0. The number of amides is 2. The number of hydrogen-bond acceptors (Lipinski definition) is 5. The van der Waals surface area contributed by atoms with Gasteiger partial charge < -0.3 is 10.6 Å². The van der Waals surface area contributed by atoms with E-state index in [1.807, 2.05) is 48.7 Å². The number of nitrogens with zero attached hydrogens (tertiary/aromatic N) is 2. The summed E-state index contributed by atoms with van der Waals surface area (Å²) in [5, 5.41) is 9.93. The number of benzene rings is 2. The Morgan fingerprint density at radius 2 is 1.74 bits per heavy atom. The summed E-state index contributed by atoms with van der Waals surface area (Å²) in [7, 11) is 0. The van der Waals surface area contributed by atoms with Gasteiger partial charge in [0.05, 0.1) is 10.6 Å². The molecule has 0 atom stereocenters. The van der Waals surface area contributed by atoms with Gasteiger partial charge in [0.1, 0.15) is 5.82 Å². The van der Waals surface area contributed by atoms with E-state index in [4.69, 9.17) is 4.98 Å². The van der Waals surface area contributed by atoms with E-state index in [9.17, 15) is 4.79 Å². The van der Waals surface area contributed by atoms with Gasteiger partial charge in [0.25, 0.3) is 0 Å². The summed E-state index contributed by atoms with van der Waals surface area (Å²) in [4.78, 5) is 23.0. The molecule has 0 spiro atoms. The molecule has 0 radical (unpaired) electrons. The molecule has 35 heavy (non-hydrogen) atoms. The van der Waals surface area contributed by atoms with E-state index in [2.05, 4.69) is 52.1 Å². The largest absolute Gasteiger partial charge is 0.367 e. The molecule has 178 valence electrons. The van der Waals surface area contributed by atoms with Crippen LogP contribution in [0.25, 0.3) is 21.7 Å². The molecule has 2 aromatic heterocycles. The Bertz CT molecular complexity index is 1300. The van der Waals surface area contributed by atoms with Gasteiger partial charge in [-0.1, -0.05) is 72.6 Å². The van der Waals surface area contributed by atoms with Crippen LogP contribution in [0.2, 0.25) is 0 Å². The molecule has 2 amide bonds. The molecule has 1 fully saturated rings. The number of pyridine rings is 1. The van der Waals surface area contributed by atoms with Crippen molar-refractivity contribution < 1.29 is 4.79 Å². The van der Waals surface area contributed by atoms with Crippen molar-refractivity contribution >= 4 is 34.0 Å². The summed E-state index contributed by atoms with van der Waals surface area (Å²) < 4.78 is 0. The number of carbonyl (C=O) groups excluding carboxylic acids is 1. The van der Waals surface area contributed by atoms with E-state index in [1.165, 1.54) is 43.4 Å². The molecule has 7 heteroatoms. The molecular weight excluding hydrogens is 454 g/mol. The monoisotopic (exact) mass is 483 g/mol. The standard InChI is InChI=1S/C28H29N5OS/c1-19-9-8-10-20(17-19)25-26(21-15-16-29-24(18-21)30-22-11-4-2-5-12-22)35-28(32-25)33-27(34)31-23-13-6-3-7-14-23/h3,6-10,13-18,22H,2,4-5,11-12H2,1H3,(H,29,30)(H2,31,32,33,34). The fourth-order valence-corrected chi connectivity index (χ4v) is 5.42. The lowest BCUT2D eigenvalue weighted by Gasteiger charge is -2.23. The first-order chi connectivity index (χ1) is 17.1. The zero-order valence-corrected chi connectivity index (χ0v) is 20.6. The van der Waals surface area contributed by atoms with Crippen LogP contribution in [-0.2, 0) is 0 Å². The molecule has 1 saturated carbocycles. The number of urea groups is 1. The highest BCUT2D eigenvalue weighted by Gasteiger charge is 2.19. The van der Waals surface area contributed by atoms with Crippen molar-refractivity contribution in [2.45, 2.75) is 45.1 Å². The summed E-state index contributed by atoms with van der Waals surface area (Å²) in [5.74, 6) is 0.884. The molecule has 1 aliphatic rings. The van der Waals surface area contributed by atoms with Crippen LogP contribution in [0.5, 0.6) is 0 Å². The number of carbonyl (C=O) groups is 1. The maximum absolute atomic E-state index is 12.6. The molecular formula is C28H29N5OS. The number of para-hydroxylation sites is 1. The third-order valence-electron chi connectivity index (χ3n) is 6.15. The van der Waals surface area contributed by atoms with Gasteiger partial charge in [0.2, 0.25) is 0 Å². The molecule has 1 aliphatic carbocycles. The van der Waals surface area contributed by atoms with E-state index in [1.54, 1.807) is 0 Å². The van der Waals surface area contributed by atoms with Gasteiger partial charge in [0, 0.05) is 23.5 Å². The second-order valence-electron chi connectivity index (χ2n) is 8.92. The van der Waals surface area contributed by atoms with E-state index in [0.717, 1.165) is 38.8 Å². The summed E-state index contributed by atoms with van der Waals surface area (Å²) in [6.45, 7) is 2.07. The van der Waals surface area contributed by atoms with E-state index in [0.29, 0.717) is 11.2 Å². The van der Waals surface area contributed by atoms with Crippen molar-refractivity contribution in [1.82, 2.24) is 9.97 Å². The minimum absolute atomic E-state index is 0.318. The summed E-state index contributed by atoms with van der Waals surface area (Å²) in [6.07, 6.45) is 8.07. The van der Waals surface area contributed by atoms with Crippen LogP contribution in [0.15, 0.2) is 72.9 Å². The lowest BCUT2D eigenvalue weighted by Crippen LogP contribution is -2.22. The molecule has 2 aromatic carbocycles. The highest BCUT2D eigenvalue weighted by Crippen LogP contribution is 2.40. The zero-order valence-electron chi connectivity index (χ0n) is 19.8. The van der Waals surface area contributed by atoms with Gasteiger partial charge in [-0.2, -0.15) is 0 Å². The van der Waals surface area contributed by atoms with Crippen LogP contribution in [-0.4, -0.2) is 22.0 Å². The van der Waals surface area contributed by atoms with Crippen LogP contribution >= 0.6 is 11.3 Å². The topological polar surface area (TPSA) is 78.9 Å².